The molecule has 36 heavy (non-hydrogen) atoms. The molecule has 0 aromatic heterocycles. The average molecular weight is 518 g/mol. The number of sulfonamides is 1. The molecule has 2 amide bonds. The second-order valence-electron chi connectivity index (χ2n) is 9.34. The number of amides is 2. The van der Waals surface area contributed by atoms with Crippen molar-refractivity contribution >= 4 is 27.5 Å². The van der Waals surface area contributed by atoms with Crippen molar-refractivity contribution in [3.05, 3.63) is 66.0 Å². The molecule has 1 atom stereocenters. The Morgan fingerprint density at radius 2 is 1.69 bits per heavy atom. The predicted molar refractivity (Wildman–Crippen MR) is 139 cm³/mol. The Kier molecular flexibility index (Phi) is 9.87. The normalized spacial score (nSPS) is 14.9. The molecule has 0 radical (unpaired) electrons. The largest absolute Gasteiger partial charge is 0.352 e. The molecule has 2 aromatic rings. The number of nitrogens with zero attached hydrogens (tertiary/aromatic N) is 2. The van der Waals surface area contributed by atoms with Crippen LogP contribution in [0.15, 0.2) is 54.6 Å². The third-order valence-electron chi connectivity index (χ3n) is 6.55. The van der Waals surface area contributed by atoms with Gasteiger partial charge in [0, 0.05) is 25.6 Å². The van der Waals surface area contributed by atoms with Gasteiger partial charge in [-0.15, -0.1) is 0 Å². The zero-order valence-corrected chi connectivity index (χ0v) is 21.8. The standard InChI is InChI=1S/C27H36FN3O4S/c1-3-25(27(33)29-23-12-7-8-13-23)30(20-21-10-5-4-6-11-21)26(32)14-9-19-31(36(2,34)35)24-17-15-22(28)16-18-24/h4-6,10-11,15-18,23,25H,3,7-9,12-14,19-20H2,1-2H3,(H,29,33)/t25-/m1/s1. The molecule has 0 unspecified atom stereocenters. The molecule has 1 fully saturated rings. The van der Waals surface area contributed by atoms with E-state index in [-0.39, 0.29) is 37.2 Å². The van der Waals surface area contributed by atoms with Crippen LogP contribution in [0.2, 0.25) is 0 Å². The number of carbonyl (C=O) groups excluding carboxylic acids is 2. The molecule has 0 heterocycles. The predicted octanol–water partition coefficient (Wildman–Crippen LogP) is 4.24. The van der Waals surface area contributed by atoms with Crippen molar-refractivity contribution in [2.75, 3.05) is 17.1 Å². The van der Waals surface area contributed by atoms with Gasteiger partial charge in [-0.2, -0.15) is 0 Å². The van der Waals surface area contributed by atoms with Crippen LogP contribution in [0.5, 0.6) is 0 Å². The van der Waals surface area contributed by atoms with E-state index in [1.54, 1.807) is 4.90 Å². The minimum Gasteiger partial charge on any atom is -0.352 e. The molecule has 9 heteroatoms. The van der Waals surface area contributed by atoms with Crippen LogP contribution < -0.4 is 9.62 Å². The van der Waals surface area contributed by atoms with Crippen LogP contribution in [-0.2, 0) is 26.2 Å². The highest BCUT2D eigenvalue weighted by molar-refractivity contribution is 7.92. The first-order valence-electron chi connectivity index (χ1n) is 12.6. The number of carbonyl (C=O) groups is 2. The van der Waals surface area contributed by atoms with Gasteiger partial charge in [0.15, 0.2) is 0 Å². The summed E-state index contributed by atoms with van der Waals surface area (Å²) >= 11 is 0. The highest BCUT2D eigenvalue weighted by atomic mass is 32.2. The topological polar surface area (TPSA) is 86.8 Å². The third kappa shape index (κ3) is 7.78. The fourth-order valence-corrected chi connectivity index (χ4v) is 5.64. The Hall–Kier alpha value is -2.94. The summed E-state index contributed by atoms with van der Waals surface area (Å²) in [6.07, 6.45) is 6.00. The van der Waals surface area contributed by atoms with Crippen LogP contribution in [0.4, 0.5) is 10.1 Å². The molecule has 7 nitrogen and oxygen atoms in total. The van der Waals surface area contributed by atoms with Gasteiger partial charge < -0.3 is 10.2 Å². The maximum Gasteiger partial charge on any atom is 0.243 e. The Morgan fingerprint density at radius 1 is 1.06 bits per heavy atom. The van der Waals surface area contributed by atoms with Crippen molar-refractivity contribution in [3.8, 4) is 0 Å². The van der Waals surface area contributed by atoms with E-state index in [1.165, 1.54) is 28.6 Å². The summed E-state index contributed by atoms with van der Waals surface area (Å²) in [7, 11) is -3.62. The van der Waals surface area contributed by atoms with Crippen molar-refractivity contribution in [2.24, 2.45) is 0 Å². The summed E-state index contributed by atoms with van der Waals surface area (Å²) in [5, 5.41) is 3.12. The zero-order chi connectivity index (χ0) is 26.1. The lowest BCUT2D eigenvalue weighted by atomic mass is 10.1. The van der Waals surface area contributed by atoms with Gasteiger partial charge in [-0.25, -0.2) is 12.8 Å². The van der Waals surface area contributed by atoms with Crippen LogP contribution in [0.3, 0.4) is 0 Å². The molecule has 2 aromatic carbocycles. The first kappa shape index (κ1) is 27.6. The molecule has 1 aliphatic rings. The van der Waals surface area contributed by atoms with Crippen molar-refractivity contribution in [3.63, 3.8) is 0 Å². The van der Waals surface area contributed by atoms with Gasteiger partial charge in [-0.3, -0.25) is 13.9 Å². The number of rotatable bonds is 12. The summed E-state index contributed by atoms with van der Waals surface area (Å²) in [6, 6.07) is 14.3. The summed E-state index contributed by atoms with van der Waals surface area (Å²) in [6.45, 7) is 2.26. The third-order valence-corrected chi connectivity index (χ3v) is 7.74. The van der Waals surface area contributed by atoms with E-state index in [4.69, 9.17) is 0 Å². The van der Waals surface area contributed by atoms with Gasteiger partial charge in [0.2, 0.25) is 21.8 Å². The van der Waals surface area contributed by atoms with E-state index in [2.05, 4.69) is 5.32 Å². The van der Waals surface area contributed by atoms with Gasteiger partial charge in [-0.1, -0.05) is 50.1 Å². The monoisotopic (exact) mass is 517 g/mol. The van der Waals surface area contributed by atoms with Gasteiger partial charge in [0.05, 0.1) is 11.9 Å². The quantitative estimate of drug-likeness (QED) is 0.456. The van der Waals surface area contributed by atoms with Crippen molar-refractivity contribution in [1.29, 1.82) is 0 Å². The molecule has 1 N–H and O–H groups in total. The smallest absolute Gasteiger partial charge is 0.243 e. The molecular weight excluding hydrogens is 481 g/mol. The summed E-state index contributed by atoms with van der Waals surface area (Å²) in [5.74, 6) is -0.807. The molecule has 1 saturated carbocycles. The van der Waals surface area contributed by atoms with E-state index in [0.29, 0.717) is 18.7 Å². The van der Waals surface area contributed by atoms with E-state index in [0.717, 1.165) is 37.5 Å². The van der Waals surface area contributed by atoms with E-state index >= 15 is 0 Å². The first-order chi connectivity index (χ1) is 17.2. The summed E-state index contributed by atoms with van der Waals surface area (Å²) in [4.78, 5) is 28.2. The molecule has 196 valence electrons. The number of hydrogen-bond donors (Lipinski definition) is 1. The second-order valence-corrected chi connectivity index (χ2v) is 11.2. The minimum atomic E-state index is -3.62. The lowest BCUT2D eigenvalue weighted by molar-refractivity contribution is -0.141. The molecule has 0 bridgehead atoms. The molecule has 3 rings (SSSR count). The van der Waals surface area contributed by atoms with Crippen LogP contribution in [-0.4, -0.2) is 50.0 Å². The Labute approximate surface area is 213 Å². The van der Waals surface area contributed by atoms with Gasteiger partial charge in [0.25, 0.3) is 0 Å². The van der Waals surface area contributed by atoms with Crippen LogP contribution in [0.25, 0.3) is 0 Å². The first-order valence-corrected chi connectivity index (χ1v) is 14.4. The zero-order valence-electron chi connectivity index (χ0n) is 21.0. The van der Waals surface area contributed by atoms with Crippen molar-refractivity contribution in [2.45, 2.75) is 70.5 Å². The highest BCUT2D eigenvalue weighted by Gasteiger charge is 2.30. The van der Waals surface area contributed by atoms with E-state index < -0.39 is 21.9 Å². The van der Waals surface area contributed by atoms with Crippen LogP contribution >= 0.6 is 0 Å². The Balaban J connectivity index is 1.72. The summed E-state index contributed by atoms with van der Waals surface area (Å²) < 4.78 is 39.2. The minimum absolute atomic E-state index is 0.0699. The SMILES string of the molecule is CC[C@H](C(=O)NC1CCCC1)N(Cc1ccccc1)C(=O)CCCN(c1ccc(F)cc1)S(C)(=O)=O. The summed E-state index contributed by atoms with van der Waals surface area (Å²) in [5.41, 5.74) is 1.26. The molecule has 0 aliphatic heterocycles. The molecule has 0 saturated heterocycles. The number of hydrogen-bond acceptors (Lipinski definition) is 4. The van der Waals surface area contributed by atoms with Crippen LogP contribution in [0, 0.1) is 5.82 Å². The Morgan fingerprint density at radius 3 is 2.28 bits per heavy atom. The second kappa shape index (κ2) is 12.9. The fourth-order valence-electron chi connectivity index (χ4n) is 4.68. The number of anilines is 1. The van der Waals surface area contributed by atoms with Gasteiger partial charge in [0.1, 0.15) is 11.9 Å². The number of halogens is 1. The van der Waals surface area contributed by atoms with Crippen molar-refractivity contribution < 1.29 is 22.4 Å². The average Bonchev–Trinajstić information content (AvgIpc) is 3.35. The Bertz CT molecular complexity index is 1100. The maximum atomic E-state index is 13.4. The highest BCUT2D eigenvalue weighted by Crippen LogP contribution is 2.21. The van der Waals surface area contributed by atoms with Crippen molar-refractivity contribution in [1.82, 2.24) is 10.2 Å². The molecule has 0 spiro atoms. The van der Waals surface area contributed by atoms with E-state index in [1.807, 2.05) is 37.3 Å². The van der Waals surface area contributed by atoms with Gasteiger partial charge >= 0.3 is 0 Å². The molecular formula is C27H36FN3O4S. The number of benzene rings is 2. The fraction of sp³-hybridized carbons (Fsp3) is 0.481. The van der Waals surface area contributed by atoms with E-state index in [9.17, 15) is 22.4 Å². The van der Waals surface area contributed by atoms with Crippen LogP contribution in [0.1, 0.15) is 57.4 Å². The lowest BCUT2D eigenvalue weighted by Gasteiger charge is -2.32. The maximum absolute atomic E-state index is 13.4. The van der Waals surface area contributed by atoms with Gasteiger partial charge in [-0.05, 0) is 55.5 Å². The number of nitrogens with one attached hydrogen (secondary N) is 1. The lowest BCUT2D eigenvalue weighted by Crippen LogP contribution is -2.51. The molecule has 1 aliphatic carbocycles.